The molecule has 152 valence electrons. The molecule has 0 spiro atoms. The van der Waals surface area contributed by atoms with E-state index in [0.29, 0.717) is 11.7 Å². The maximum absolute atomic E-state index is 13.1. The second-order valence-electron chi connectivity index (χ2n) is 7.15. The molecule has 1 amide bonds. The molecule has 0 unspecified atom stereocenters. The predicted molar refractivity (Wildman–Crippen MR) is 124 cm³/mol. The average Bonchev–Trinajstić information content (AvgIpc) is 3.07. The lowest BCUT2D eigenvalue weighted by Gasteiger charge is -2.12. The molecule has 0 saturated carbocycles. The maximum Gasteiger partial charge on any atom is 0.263 e. The first-order valence-electron chi connectivity index (χ1n) is 9.71. The summed E-state index contributed by atoms with van der Waals surface area (Å²) in [6, 6.07) is 5.80. The average molecular weight is 492 g/mol. The molecule has 1 aliphatic carbocycles. The number of amides is 1. The minimum Gasteiger partial charge on any atom is -0.324 e. The number of thiophene rings is 1. The summed E-state index contributed by atoms with van der Waals surface area (Å²) in [4.78, 5) is 32.5. The first-order valence-corrected chi connectivity index (χ1v) is 12.3. The normalized spacial score (nSPS) is 13.5. The predicted octanol–water partition coefficient (Wildman–Crippen LogP) is 5.16. The molecule has 8 heteroatoms. The third-order valence-electron chi connectivity index (χ3n) is 5.09. The van der Waals surface area contributed by atoms with Crippen molar-refractivity contribution in [2.75, 3.05) is 11.1 Å². The lowest BCUT2D eigenvalue weighted by molar-refractivity contribution is -0.113. The van der Waals surface area contributed by atoms with Crippen LogP contribution in [0, 0.1) is 6.92 Å². The maximum atomic E-state index is 13.1. The lowest BCUT2D eigenvalue weighted by atomic mass is 9.97. The Morgan fingerprint density at radius 2 is 2.14 bits per heavy atom. The van der Waals surface area contributed by atoms with Crippen LogP contribution in [0.15, 0.2) is 32.6 Å². The molecule has 4 rings (SSSR count). The zero-order valence-electron chi connectivity index (χ0n) is 16.4. The van der Waals surface area contributed by atoms with Crippen LogP contribution in [0.25, 0.3) is 10.2 Å². The second-order valence-corrected chi connectivity index (χ2v) is 10.0. The van der Waals surface area contributed by atoms with E-state index in [1.165, 1.54) is 28.6 Å². The third kappa shape index (κ3) is 4.15. The van der Waals surface area contributed by atoms with Gasteiger partial charge in [-0.3, -0.25) is 14.2 Å². The number of fused-ring (bicyclic) bond motifs is 3. The van der Waals surface area contributed by atoms with E-state index in [1.54, 1.807) is 15.9 Å². The van der Waals surface area contributed by atoms with Gasteiger partial charge in [0.25, 0.3) is 5.56 Å². The van der Waals surface area contributed by atoms with E-state index in [0.717, 1.165) is 45.2 Å². The second kappa shape index (κ2) is 8.62. The largest absolute Gasteiger partial charge is 0.324 e. The summed E-state index contributed by atoms with van der Waals surface area (Å²) in [6.07, 6.45) is 4.32. The topological polar surface area (TPSA) is 64.0 Å². The number of hydrogen-bond donors (Lipinski definition) is 1. The van der Waals surface area contributed by atoms with Crippen LogP contribution in [-0.2, 0) is 24.2 Å². The lowest BCUT2D eigenvalue weighted by Crippen LogP contribution is -2.24. The van der Waals surface area contributed by atoms with E-state index < -0.39 is 0 Å². The number of rotatable bonds is 5. The molecule has 0 radical (unpaired) electrons. The van der Waals surface area contributed by atoms with E-state index in [9.17, 15) is 9.59 Å². The molecule has 3 aromatic rings. The number of carbonyl (C=O) groups is 1. The van der Waals surface area contributed by atoms with Crippen LogP contribution < -0.4 is 10.9 Å². The highest BCUT2D eigenvalue weighted by atomic mass is 79.9. The highest BCUT2D eigenvalue weighted by Gasteiger charge is 2.22. The van der Waals surface area contributed by atoms with Gasteiger partial charge in [0.15, 0.2) is 5.16 Å². The molecule has 2 heterocycles. The summed E-state index contributed by atoms with van der Waals surface area (Å²) < 4.78 is 2.55. The Morgan fingerprint density at radius 1 is 1.34 bits per heavy atom. The van der Waals surface area contributed by atoms with Crippen LogP contribution in [0.2, 0.25) is 0 Å². The highest BCUT2D eigenvalue weighted by molar-refractivity contribution is 9.10. The van der Waals surface area contributed by atoms with Gasteiger partial charge in [0.1, 0.15) is 4.83 Å². The summed E-state index contributed by atoms with van der Waals surface area (Å²) in [7, 11) is 0. The molecule has 5 nitrogen and oxygen atoms in total. The van der Waals surface area contributed by atoms with Gasteiger partial charge in [-0.1, -0.05) is 17.8 Å². The SMILES string of the molecule is CCn1c(SCC(=O)Nc2ccc(C)cc2Br)nc2sc3c(c2c1=O)CCCC3. The van der Waals surface area contributed by atoms with Crippen molar-refractivity contribution in [2.45, 2.75) is 51.2 Å². The van der Waals surface area contributed by atoms with Gasteiger partial charge < -0.3 is 5.32 Å². The summed E-state index contributed by atoms with van der Waals surface area (Å²) in [5.74, 6) is 0.0746. The van der Waals surface area contributed by atoms with Crippen LogP contribution >= 0.6 is 39.0 Å². The number of benzene rings is 1. The quantitative estimate of drug-likeness (QED) is 0.395. The molecule has 0 aliphatic heterocycles. The minimum atomic E-state index is -0.123. The van der Waals surface area contributed by atoms with Gasteiger partial charge >= 0.3 is 0 Å². The number of halogens is 1. The Balaban J connectivity index is 1.57. The Labute approximate surface area is 186 Å². The minimum absolute atomic E-state index is 0.0288. The Morgan fingerprint density at radius 3 is 2.90 bits per heavy atom. The summed E-state index contributed by atoms with van der Waals surface area (Å²) in [6.45, 7) is 4.49. The van der Waals surface area contributed by atoms with Crippen molar-refractivity contribution < 1.29 is 4.79 Å². The number of nitrogens with zero attached hydrogens (tertiary/aromatic N) is 2. The number of hydrogen-bond acceptors (Lipinski definition) is 5. The number of aromatic nitrogens is 2. The van der Waals surface area contributed by atoms with Crippen LogP contribution in [0.5, 0.6) is 0 Å². The molecule has 1 N–H and O–H groups in total. The summed E-state index contributed by atoms with van der Waals surface area (Å²) in [5, 5.41) is 4.33. The molecule has 1 aromatic carbocycles. The number of aryl methyl sites for hydroxylation is 3. The Hall–Kier alpha value is -1.64. The third-order valence-corrected chi connectivity index (χ3v) is 7.91. The van der Waals surface area contributed by atoms with Gasteiger partial charge in [-0.25, -0.2) is 4.98 Å². The number of thioether (sulfide) groups is 1. The van der Waals surface area contributed by atoms with Crippen LogP contribution in [0.1, 0.15) is 35.8 Å². The van der Waals surface area contributed by atoms with Gasteiger partial charge in [-0.2, -0.15) is 0 Å². The first kappa shape index (κ1) is 20.6. The summed E-state index contributed by atoms with van der Waals surface area (Å²) in [5.41, 5.74) is 3.09. The molecule has 2 aromatic heterocycles. The number of nitrogens with one attached hydrogen (secondary N) is 1. The molecule has 29 heavy (non-hydrogen) atoms. The van der Waals surface area contributed by atoms with E-state index in [1.807, 2.05) is 32.0 Å². The van der Waals surface area contributed by atoms with E-state index in [2.05, 4.69) is 21.2 Å². The van der Waals surface area contributed by atoms with Crippen molar-refractivity contribution in [3.8, 4) is 0 Å². The van der Waals surface area contributed by atoms with Gasteiger partial charge in [0.05, 0.1) is 16.8 Å². The van der Waals surface area contributed by atoms with Crippen molar-refractivity contribution in [2.24, 2.45) is 0 Å². The number of carbonyl (C=O) groups excluding carboxylic acids is 1. The van der Waals surface area contributed by atoms with Gasteiger partial charge in [0, 0.05) is 15.9 Å². The molecular weight excluding hydrogens is 470 g/mol. The first-order chi connectivity index (χ1) is 14.0. The summed E-state index contributed by atoms with van der Waals surface area (Å²) >= 11 is 6.44. The molecule has 1 aliphatic rings. The van der Waals surface area contributed by atoms with Gasteiger partial charge in [0.2, 0.25) is 5.91 Å². The molecule has 0 fully saturated rings. The van der Waals surface area contributed by atoms with E-state index >= 15 is 0 Å². The van der Waals surface area contributed by atoms with Crippen LogP contribution in [-0.4, -0.2) is 21.2 Å². The van der Waals surface area contributed by atoms with E-state index in [4.69, 9.17) is 4.98 Å². The standard InChI is InChI=1S/C21H22BrN3O2S2/c1-3-25-20(27)18-13-6-4-5-7-16(13)29-19(18)24-21(25)28-11-17(26)23-15-9-8-12(2)10-14(15)22/h8-10H,3-7,11H2,1-2H3,(H,23,26). The van der Waals surface area contributed by atoms with Crippen molar-refractivity contribution in [1.82, 2.24) is 9.55 Å². The zero-order chi connectivity index (χ0) is 20.5. The van der Waals surface area contributed by atoms with E-state index in [-0.39, 0.29) is 17.2 Å². The van der Waals surface area contributed by atoms with Crippen molar-refractivity contribution >= 4 is 60.8 Å². The van der Waals surface area contributed by atoms with Crippen molar-refractivity contribution in [1.29, 1.82) is 0 Å². The molecular formula is C21H22BrN3O2S2. The van der Waals surface area contributed by atoms with Gasteiger partial charge in [-0.15, -0.1) is 11.3 Å². The number of anilines is 1. The van der Waals surface area contributed by atoms with Crippen LogP contribution in [0.3, 0.4) is 0 Å². The van der Waals surface area contributed by atoms with Gasteiger partial charge in [-0.05, 0) is 78.7 Å². The van der Waals surface area contributed by atoms with Crippen molar-refractivity contribution in [3.63, 3.8) is 0 Å². The molecule has 0 atom stereocenters. The molecule has 0 bridgehead atoms. The molecule has 0 saturated heterocycles. The fourth-order valence-electron chi connectivity index (χ4n) is 3.65. The fraction of sp³-hybridized carbons (Fsp3) is 0.381. The highest BCUT2D eigenvalue weighted by Crippen LogP contribution is 2.34. The smallest absolute Gasteiger partial charge is 0.263 e. The Bertz CT molecular complexity index is 1150. The monoisotopic (exact) mass is 491 g/mol. The van der Waals surface area contributed by atoms with Crippen molar-refractivity contribution in [3.05, 3.63) is 49.0 Å². The van der Waals surface area contributed by atoms with Crippen LogP contribution in [0.4, 0.5) is 5.69 Å². The zero-order valence-corrected chi connectivity index (χ0v) is 19.6. The Kier molecular flexibility index (Phi) is 6.13. The fourth-order valence-corrected chi connectivity index (χ4v) is 6.40.